The number of carbonyl (C=O) groups is 2. The Morgan fingerprint density at radius 2 is 2.28 bits per heavy atom. The van der Waals surface area contributed by atoms with Gasteiger partial charge in [-0.05, 0) is 20.8 Å². The summed E-state index contributed by atoms with van der Waals surface area (Å²) < 4.78 is 5.21. The number of terminal acetylenes is 1. The van der Waals surface area contributed by atoms with Gasteiger partial charge in [-0.2, -0.15) is 0 Å². The highest BCUT2D eigenvalue weighted by atomic mass is 16.6. The van der Waals surface area contributed by atoms with Crippen molar-refractivity contribution in [2.45, 2.75) is 32.8 Å². The normalized spacial score (nSPS) is 14.8. The van der Waals surface area contributed by atoms with Crippen LogP contribution < -0.4 is 0 Å². The minimum absolute atomic E-state index is 0.00532. The van der Waals surface area contributed by atoms with Gasteiger partial charge in [-0.3, -0.25) is 4.79 Å². The molecule has 5 heteroatoms. The van der Waals surface area contributed by atoms with E-state index in [4.69, 9.17) is 11.2 Å². The van der Waals surface area contributed by atoms with E-state index in [0.717, 1.165) is 0 Å². The number of amides is 1. The van der Waals surface area contributed by atoms with Gasteiger partial charge in [0.25, 0.3) is 0 Å². The molecular weight excluding hydrogens is 232 g/mol. The number of allylic oxidation sites excluding steroid dienone is 1. The average molecular weight is 248 g/mol. The molecule has 1 amide bonds. The zero-order chi connectivity index (χ0) is 13.8. The van der Waals surface area contributed by atoms with E-state index in [1.807, 2.05) is 0 Å². The first-order valence-corrected chi connectivity index (χ1v) is 5.54. The monoisotopic (exact) mass is 248 g/mol. The van der Waals surface area contributed by atoms with Crippen molar-refractivity contribution in [1.82, 2.24) is 4.90 Å². The fourth-order valence-electron chi connectivity index (χ4n) is 1.26. The summed E-state index contributed by atoms with van der Waals surface area (Å²) in [6, 6.07) is 0. The zero-order valence-electron chi connectivity index (χ0n) is 10.8. The first-order valence-electron chi connectivity index (χ1n) is 5.54. The van der Waals surface area contributed by atoms with Crippen molar-refractivity contribution >= 4 is 18.1 Å². The molecule has 0 N–H and O–H groups in total. The van der Waals surface area contributed by atoms with Crippen molar-refractivity contribution in [1.29, 1.82) is 0 Å². The summed E-state index contributed by atoms with van der Waals surface area (Å²) in [7, 11) is 0. The van der Waals surface area contributed by atoms with Crippen molar-refractivity contribution in [2.75, 3.05) is 6.54 Å². The number of ketones is 1. The SMILES string of the molecule is C#CCN(C(=O)OC(C)(C)C)C1=CC(=O)CC=N1. The Morgan fingerprint density at radius 1 is 1.61 bits per heavy atom. The molecule has 0 fully saturated rings. The number of ether oxygens (including phenoxy) is 1. The molecule has 0 saturated heterocycles. The lowest BCUT2D eigenvalue weighted by atomic mass is 10.2. The third-order valence-corrected chi connectivity index (χ3v) is 1.95. The summed E-state index contributed by atoms with van der Waals surface area (Å²) in [5.74, 6) is 2.45. The summed E-state index contributed by atoms with van der Waals surface area (Å²) in [6.45, 7) is 5.26. The maximum atomic E-state index is 11.9. The number of hydrogen-bond donors (Lipinski definition) is 0. The van der Waals surface area contributed by atoms with Crippen LogP contribution in [-0.4, -0.2) is 35.1 Å². The lowest BCUT2D eigenvalue weighted by molar-refractivity contribution is -0.113. The van der Waals surface area contributed by atoms with Gasteiger partial charge in [0, 0.05) is 18.7 Å². The molecule has 0 saturated carbocycles. The summed E-state index contributed by atoms with van der Waals surface area (Å²) in [5.41, 5.74) is -0.632. The lowest BCUT2D eigenvalue weighted by Crippen LogP contribution is -2.36. The topological polar surface area (TPSA) is 59.0 Å². The van der Waals surface area contributed by atoms with Crippen LogP contribution in [0.2, 0.25) is 0 Å². The summed E-state index contributed by atoms with van der Waals surface area (Å²) >= 11 is 0. The lowest BCUT2D eigenvalue weighted by Gasteiger charge is -2.26. The molecule has 96 valence electrons. The number of nitrogens with zero attached hydrogens (tertiary/aromatic N) is 2. The van der Waals surface area contributed by atoms with Crippen molar-refractivity contribution in [3.8, 4) is 12.3 Å². The molecule has 0 aliphatic carbocycles. The van der Waals surface area contributed by atoms with Crippen LogP contribution in [0.4, 0.5) is 4.79 Å². The number of rotatable bonds is 2. The number of hydrogen-bond acceptors (Lipinski definition) is 4. The fourth-order valence-corrected chi connectivity index (χ4v) is 1.26. The van der Waals surface area contributed by atoms with E-state index in [0.29, 0.717) is 0 Å². The molecule has 1 aliphatic heterocycles. The highest BCUT2D eigenvalue weighted by Crippen LogP contribution is 2.16. The molecule has 1 rings (SSSR count). The van der Waals surface area contributed by atoms with E-state index in [9.17, 15) is 9.59 Å². The van der Waals surface area contributed by atoms with E-state index in [1.165, 1.54) is 17.2 Å². The second kappa shape index (κ2) is 5.50. The second-order valence-corrected chi connectivity index (χ2v) is 4.76. The molecule has 0 radical (unpaired) electrons. The molecule has 0 aromatic rings. The number of carbonyl (C=O) groups excluding carboxylic acids is 2. The van der Waals surface area contributed by atoms with Gasteiger partial charge in [-0.15, -0.1) is 6.42 Å². The van der Waals surface area contributed by atoms with Gasteiger partial charge in [-0.25, -0.2) is 14.7 Å². The van der Waals surface area contributed by atoms with Crippen LogP contribution in [0.25, 0.3) is 0 Å². The van der Waals surface area contributed by atoms with E-state index in [-0.39, 0.29) is 24.6 Å². The smallest absolute Gasteiger partial charge is 0.416 e. The minimum Gasteiger partial charge on any atom is -0.443 e. The molecule has 0 aromatic heterocycles. The van der Waals surface area contributed by atoms with Gasteiger partial charge in [0.15, 0.2) is 5.78 Å². The average Bonchev–Trinajstić information content (AvgIpc) is 2.23. The minimum atomic E-state index is -0.632. The van der Waals surface area contributed by atoms with E-state index >= 15 is 0 Å². The molecule has 0 atom stereocenters. The van der Waals surface area contributed by atoms with Crippen LogP contribution in [0.15, 0.2) is 16.9 Å². The number of aliphatic imine (C=N–C) groups is 1. The highest BCUT2D eigenvalue weighted by molar-refractivity contribution is 6.01. The summed E-state index contributed by atoms with van der Waals surface area (Å²) in [6.07, 6.45) is 7.58. The zero-order valence-corrected chi connectivity index (χ0v) is 10.8. The quantitative estimate of drug-likeness (QED) is 0.699. The van der Waals surface area contributed by atoms with E-state index in [1.54, 1.807) is 20.8 Å². The van der Waals surface area contributed by atoms with Gasteiger partial charge >= 0.3 is 6.09 Å². The Kier molecular flexibility index (Phi) is 4.27. The van der Waals surface area contributed by atoms with Crippen LogP contribution in [0.1, 0.15) is 27.2 Å². The molecule has 0 bridgehead atoms. The maximum Gasteiger partial charge on any atom is 0.416 e. The van der Waals surface area contributed by atoms with Crippen LogP contribution in [0.3, 0.4) is 0 Å². The molecule has 1 aliphatic rings. The van der Waals surface area contributed by atoms with E-state index < -0.39 is 11.7 Å². The van der Waals surface area contributed by atoms with Gasteiger partial charge < -0.3 is 4.74 Å². The van der Waals surface area contributed by atoms with Crippen molar-refractivity contribution < 1.29 is 14.3 Å². The Hall–Kier alpha value is -2.09. The third-order valence-electron chi connectivity index (χ3n) is 1.95. The predicted molar refractivity (Wildman–Crippen MR) is 68.0 cm³/mol. The first-order chi connectivity index (χ1) is 8.33. The molecule has 18 heavy (non-hydrogen) atoms. The molecule has 5 nitrogen and oxygen atoms in total. The fraction of sp³-hybridized carbons (Fsp3) is 0.462. The largest absolute Gasteiger partial charge is 0.443 e. The van der Waals surface area contributed by atoms with Crippen LogP contribution in [0, 0.1) is 12.3 Å². The Bertz CT molecular complexity index is 450. The molecule has 0 aromatic carbocycles. The van der Waals surface area contributed by atoms with Crippen molar-refractivity contribution in [3.05, 3.63) is 11.9 Å². The molecule has 0 spiro atoms. The first kappa shape index (κ1) is 14.0. The third kappa shape index (κ3) is 4.06. The van der Waals surface area contributed by atoms with E-state index in [2.05, 4.69) is 10.9 Å². The standard InChI is InChI=1S/C13H16N2O3/c1-5-8-15(12(17)18-13(2,3)4)11-9-10(16)6-7-14-11/h1,7,9H,6,8H2,2-4H3. The van der Waals surface area contributed by atoms with Gasteiger partial charge in [-0.1, -0.05) is 5.92 Å². The second-order valence-electron chi connectivity index (χ2n) is 4.76. The van der Waals surface area contributed by atoms with Gasteiger partial charge in [0.1, 0.15) is 11.4 Å². The van der Waals surface area contributed by atoms with Gasteiger partial charge in [0.2, 0.25) is 0 Å². The maximum absolute atomic E-state index is 11.9. The molecule has 1 heterocycles. The molecule has 0 unspecified atom stereocenters. The Morgan fingerprint density at radius 3 is 2.78 bits per heavy atom. The van der Waals surface area contributed by atoms with Gasteiger partial charge in [0.05, 0.1) is 6.54 Å². The van der Waals surface area contributed by atoms with Crippen molar-refractivity contribution in [3.63, 3.8) is 0 Å². The predicted octanol–water partition coefficient (Wildman–Crippen LogP) is 1.74. The van der Waals surface area contributed by atoms with Crippen LogP contribution in [-0.2, 0) is 9.53 Å². The molecular formula is C13H16N2O3. The van der Waals surface area contributed by atoms with Crippen LogP contribution >= 0.6 is 0 Å². The summed E-state index contributed by atoms with van der Waals surface area (Å²) in [4.78, 5) is 28.4. The van der Waals surface area contributed by atoms with Crippen molar-refractivity contribution in [2.24, 2.45) is 4.99 Å². The Labute approximate surface area is 107 Å². The van der Waals surface area contributed by atoms with Crippen LogP contribution in [0.5, 0.6) is 0 Å². The Balaban J connectivity index is 2.90. The summed E-state index contributed by atoms with van der Waals surface area (Å²) in [5, 5.41) is 0. The highest BCUT2D eigenvalue weighted by Gasteiger charge is 2.25.